The molecule has 0 aromatic carbocycles. The van der Waals surface area contributed by atoms with E-state index in [9.17, 15) is 4.79 Å². The summed E-state index contributed by atoms with van der Waals surface area (Å²) < 4.78 is 0. The van der Waals surface area contributed by atoms with E-state index in [1.54, 1.807) is 24.7 Å². The fourth-order valence-electron chi connectivity index (χ4n) is 3.22. The Labute approximate surface area is 165 Å². The molecule has 8 heteroatoms. The third-order valence-electron chi connectivity index (χ3n) is 4.51. The zero-order valence-electron chi connectivity index (χ0n) is 16.7. The Bertz CT molecular complexity index is 823. The van der Waals surface area contributed by atoms with Crippen LogP contribution in [0.4, 0.5) is 11.6 Å². The van der Waals surface area contributed by atoms with Crippen LogP contribution >= 0.6 is 0 Å². The first-order valence-electron chi connectivity index (χ1n) is 9.53. The van der Waals surface area contributed by atoms with Crippen LogP contribution in [-0.2, 0) is 4.79 Å². The van der Waals surface area contributed by atoms with Crippen molar-refractivity contribution >= 4 is 17.5 Å². The number of aromatic nitrogens is 4. The highest BCUT2D eigenvalue weighted by Gasteiger charge is 2.29. The summed E-state index contributed by atoms with van der Waals surface area (Å²) in [6.07, 6.45) is 11.4. The summed E-state index contributed by atoms with van der Waals surface area (Å²) in [6, 6.07) is 1.75. The largest absolute Gasteiger partial charge is 0.329 e. The second-order valence-corrected chi connectivity index (χ2v) is 7.18. The Balaban J connectivity index is 1.81. The van der Waals surface area contributed by atoms with Crippen LogP contribution in [0.5, 0.6) is 0 Å². The zero-order valence-corrected chi connectivity index (χ0v) is 16.7. The van der Waals surface area contributed by atoms with Crippen molar-refractivity contribution in [3.05, 3.63) is 48.3 Å². The molecule has 1 N–H and O–H groups in total. The summed E-state index contributed by atoms with van der Waals surface area (Å²) in [4.78, 5) is 34.2. The maximum absolute atomic E-state index is 12.8. The van der Waals surface area contributed by atoms with Gasteiger partial charge in [0.25, 0.3) is 0 Å². The number of piperidine rings is 1. The van der Waals surface area contributed by atoms with Gasteiger partial charge in [-0.3, -0.25) is 9.78 Å². The van der Waals surface area contributed by atoms with Gasteiger partial charge in [-0.05, 0) is 40.3 Å². The number of rotatable bonds is 6. The monoisotopic (exact) mass is 381 g/mol. The molecule has 1 aliphatic heterocycles. The first kappa shape index (κ1) is 19.9. The summed E-state index contributed by atoms with van der Waals surface area (Å²) in [7, 11) is 3.95. The minimum atomic E-state index is -0.118. The van der Waals surface area contributed by atoms with Crippen molar-refractivity contribution in [2.75, 3.05) is 32.5 Å². The topological polar surface area (TPSA) is 87.1 Å². The SMILES string of the molecule is Cc1cc(Nc2cnccn2)nc([C@@H]2CCCCN2C(=O)/C=C/CN(C)C)n1. The minimum absolute atomic E-state index is 0.0140. The van der Waals surface area contributed by atoms with Gasteiger partial charge in [0.15, 0.2) is 5.82 Å². The fourth-order valence-corrected chi connectivity index (χ4v) is 3.22. The van der Waals surface area contributed by atoms with E-state index in [0.29, 0.717) is 17.5 Å². The number of carbonyl (C=O) groups is 1. The predicted molar refractivity (Wildman–Crippen MR) is 108 cm³/mol. The maximum atomic E-state index is 12.8. The molecule has 1 atom stereocenters. The van der Waals surface area contributed by atoms with Gasteiger partial charge in [0.05, 0.1) is 12.2 Å². The number of nitrogens with zero attached hydrogens (tertiary/aromatic N) is 6. The number of hydrogen-bond acceptors (Lipinski definition) is 7. The molecule has 2 aromatic rings. The standard InChI is InChI=1S/C20H27N7O/c1-15-13-17(24-18-14-21-9-10-22-18)25-20(23-15)16-7-4-5-12-27(16)19(28)8-6-11-26(2)3/h6,8-10,13-14,16H,4-5,7,11-12H2,1-3H3,(H,22,23,24,25)/b8-6+/t16-/m0/s1. The molecule has 2 aromatic heterocycles. The van der Waals surface area contributed by atoms with Crippen LogP contribution in [0.3, 0.4) is 0 Å². The third-order valence-corrected chi connectivity index (χ3v) is 4.51. The molecule has 1 aliphatic rings. The first-order chi connectivity index (χ1) is 13.5. The Kier molecular flexibility index (Phi) is 6.65. The van der Waals surface area contributed by atoms with Crippen molar-refractivity contribution in [3.63, 3.8) is 0 Å². The van der Waals surface area contributed by atoms with Gasteiger partial charge in [-0.25, -0.2) is 15.0 Å². The number of aryl methyl sites for hydroxylation is 1. The average Bonchev–Trinajstić information content (AvgIpc) is 2.68. The van der Waals surface area contributed by atoms with Crippen LogP contribution in [0.25, 0.3) is 0 Å². The third kappa shape index (κ3) is 5.32. The second kappa shape index (κ2) is 9.36. The molecule has 148 valence electrons. The Morgan fingerprint density at radius 2 is 2.14 bits per heavy atom. The smallest absolute Gasteiger partial charge is 0.246 e. The number of likely N-dealkylation sites (tertiary alicyclic amines) is 1. The van der Waals surface area contributed by atoms with Gasteiger partial charge >= 0.3 is 0 Å². The molecule has 0 bridgehead atoms. The Hall–Kier alpha value is -2.87. The number of hydrogen-bond donors (Lipinski definition) is 1. The lowest BCUT2D eigenvalue weighted by molar-refractivity contribution is -0.129. The fraction of sp³-hybridized carbons (Fsp3) is 0.450. The van der Waals surface area contributed by atoms with E-state index in [2.05, 4.69) is 25.3 Å². The van der Waals surface area contributed by atoms with Crippen LogP contribution in [-0.4, -0.2) is 62.8 Å². The van der Waals surface area contributed by atoms with E-state index in [1.165, 1.54) is 0 Å². The van der Waals surface area contributed by atoms with Crippen molar-refractivity contribution in [3.8, 4) is 0 Å². The van der Waals surface area contributed by atoms with E-state index in [4.69, 9.17) is 0 Å². The summed E-state index contributed by atoms with van der Waals surface area (Å²) in [6.45, 7) is 3.39. The van der Waals surface area contributed by atoms with Gasteiger partial charge in [0.2, 0.25) is 5.91 Å². The van der Waals surface area contributed by atoms with Crippen LogP contribution in [0.15, 0.2) is 36.8 Å². The number of anilines is 2. The zero-order chi connectivity index (χ0) is 19.9. The molecular weight excluding hydrogens is 354 g/mol. The van der Waals surface area contributed by atoms with Crippen molar-refractivity contribution in [1.29, 1.82) is 0 Å². The van der Waals surface area contributed by atoms with Gasteiger partial charge < -0.3 is 15.1 Å². The molecule has 0 unspecified atom stereocenters. The molecule has 3 heterocycles. The van der Waals surface area contributed by atoms with Crippen LogP contribution in [0.2, 0.25) is 0 Å². The first-order valence-corrected chi connectivity index (χ1v) is 9.53. The molecule has 0 spiro atoms. The van der Waals surface area contributed by atoms with Crippen LogP contribution in [0.1, 0.15) is 36.8 Å². The van der Waals surface area contributed by atoms with Gasteiger partial charge in [-0.1, -0.05) is 6.08 Å². The highest BCUT2D eigenvalue weighted by atomic mass is 16.2. The lowest BCUT2D eigenvalue weighted by atomic mass is 10.0. The van der Waals surface area contributed by atoms with Crippen molar-refractivity contribution in [1.82, 2.24) is 29.7 Å². The highest BCUT2D eigenvalue weighted by Crippen LogP contribution is 2.30. The lowest BCUT2D eigenvalue weighted by Gasteiger charge is -2.34. The Morgan fingerprint density at radius 3 is 2.89 bits per heavy atom. The Morgan fingerprint density at radius 1 is 1.29 bits per heavy atom. The molecule has 1 fully saturated rings. The molecule has 1 saturated heterocycles. The van der Waals surface area contributed by atoms with Crippen molar-refractivity contribution in [2.24, 2.45) is 0 Å². The lowest BCUT2D eigenvalue weighted by Crippen LogP contribution is -2.38. The van der Waals surface area contributed by atoms with E-state index >= 15 is 0 Å². The summed E-state index contributed by atoms with van der Waals surface area (Å²) in [5, 5.41) is 3.17. The van der Waals surface area contributed by atoms with E-state index in [0.717, 1.165) is 38.0 Å². The molecule has 1 amide bonds. The molecular formula is C20H27N7O. The molecule has 0 radical (unpaired) electrons. The number of nitrogens with one attached hydrogen (secondary N) is 1. The summed E-state index contributed by atoms with van der Waals surface area (Å²) >= 11 is 0. The molecule has 8 nitrogen and oxygen atoms in total. The summed E-state index contributed by atoms with van der Waals surface area (Å²) in [5.74, 6) is 1.96. The number of carbonyl (C=O) groups excluding carboxylic acids is 1. The quantitative estimate of drug-likeness (QED) is 0.769. The van der Waals surface area contributed by atoms with Gasteiger partial charge in [-0.2, -0.15) is 0 Å². The minimum Gasteiger partial charge on any atom is -0.329 e. The van der Waals surface area contributed by atoms with Gasteiger partial charge in [-0.15, -0.1) is 0 Å². The summed E-state index contributed by atoms with van der Waals surface area (Å²) in [5.41, 5.74) is 0.845. The van der Waals surface area contributed by atoms with Crippen molar-refractivity contribution < 1.29 is 4.79 Å². The van der Waals surface area contributed by atoms with Crippen molar-refractivity contribution in [2.45, 2.75) is 32.2 Å². The molecule has 0 saturated carbocycles. The second-order valence-electron chi connectivity index (χ2n) is 7.18. The van der Waals surface area contributed by atoms with Crippen LogP contribution < -0.4 is 5.32 Å². The highest BCUT2D eigenvalue weighted by molar-refractivity contribution is 5.88. The van der Waals surface area contributed by atoms with Crippen LogP contribution in [0, 0.1) is 6.92 Å². The maximum Gasteiger partial charge on any atom is 0.246 e. The molecule has 0 aliphatic carbocycles. The van der Waals surface area contributed by atoms with E-state index in [1.807, 2.05) is 43.0 Å². The average molecular weight is 381 g/mol. The number of likely N-dealkylation sites (N-methyl/N-ethyl adjacent to an activating group) is 1. The predicted octanol–water partition coefficient (Wildman–Crippen LogP) is 2.49. The van der Waals surface area contributed by atoms with E-state index < -0.39 is 0 Å². The number of amides is 1. The van der Waals surface area contributed by atoms with E-state index in [-0.39, 0.29) is 11.9 Å². The molecule has 28 heavy (non-hydrogen) atoms. The normalized spacial score (nSPS) is 17.3. The van der Waals surface area contributed by atoms with Gasteiger partial charge in [0, 0.05) is 43.3 Å². The van der Waals surface area contributed by atoms with Gasteiger partial charge in [0.1, 0.15) is 11.6 Å². The molecule has 3 rings (SSSR count).